The molecule has 0 atom stereocenters. The Bertz CT molecular complexity index is 197. The standard InChI is InChI=1S/C11H27Si4/c1-10-15(8,9)11(12(2)3,13(4)5)14(6)7/h10H,1H2,2-9H3. The Kier molecular flexibility index (Phi) is 5.51. The third kappa shape index (κ3) is 2.48. The summed E-state index contributed by atoms with van der Waals surface area (Å²) < 4.78 is 0.773. The molecule has 0 aliphatic carbocycles. The zero-order chi connectivity index (χ0) is 12.4. The molecule has 0 bridgehead atoms. The smallest absolute Gasteiger partial charge is 0.0687 e. The molecule has 4 heteroatoms. The average Bonchev–Trinajstić information content (AvgIpc) is 2.02. The Hall–Kier alpha value is 0.608. The normalized spacial score (nSPS) is 14.1. The van der Waals surface area contributed by atoms with E-state index in [2.05, 4.69) is 64.7 Å². The van der Waals surface area contributed by atoms with Crippen LogP contribution in [0.4, 0.5) is 0 Å². The molecule has 0 heterocycles. The molecule has 0 nitrogen and oxygen atoms in total. The molecule has 0 fully saturated rings. The highest BCUT2D eigenvalue weighted by Gasteiger charge is 2.52. The van der Waals surface area contributed by atoms with Crippen molar-refractivity contribution in [3.8, 4) is 0 Å². The van der Waals surface area contributed by atoms with Crippen molar-refractivity contribution < 1.29 is 0 Å². The fourth-order valence-electron chi connectivity index (χ4n) is 3.59. The van der Waals surface area contributed by atoms with E-state index in [0.717, 1.165) is 3.91 Å². The lowest BCUT2D eigenvalue weighted by Crippen LogP contribution is -2.62. The van der Waals surface area contributed by atoms with Crippen LogP contribution in [-0.2, 0) is 0 Å². The summed E-state index contributed by atoms with van der Waals surface area (Å²) in [5.41, 5.74) is 2.36. The maximum atomic E-state index is 4.16. The van der Waals surface area contributed by atoms with Gasteiger partial charge in [-0.1, -0.05) is 52.4 Å². The van der Waals surface area contributed by atoms with E-state index in [1.807, 2.05) is 0 Å². The van der Waals surface area contributed by atoms with Crippen LogP contribution < -0.4 is 0 Å². The van der Waals surface area contributed by atoms with Gasteiger partial charge < -0.3 is 0 Å². The Labute approximate surface area is 103 Å². The summed E-state index contributed by atoms with van der Waals surface area (Å²) in [7, 11) is -1.90. The molecule has 0 aliphatic rings. The van der Waals surface area contributed by atoms with Crippen molar-refractivity contribution in [1.29, 1.82) is 0 Å². The fraction of sp³-hybridized carbons (Fsp3) is 0.818. The molecule has 0 rings (SSSR count). The average molecular weight is 272 g/mol. The molecule has 0 spiro atoms. The van der Waals surface area contributed by atoms with Crippen molar-refractivity contribution in [3.05, 3.63) is 12.3 Å². The van der Waals surface area contributed by atoms with E-state index in [9.17, 15) is 0 Å². The highest BCUT2D eigenvalue weighted by Crippen LogP contribution is 2.46. The van der Waals surface area contributed by atoms with Gasteiger partial charge in [-0.25, -0.2) is 0 Å². The molecular formula is C11H27Si4. The van der Waals surface area contributed by atoms with Gasteiger partial charge in [-0.15, -0.1) is 12.3 Å². The van der Waals surface area contributed by atoms with Crippen LogP contribution >= 0.6 is 0 Å². The van der Waals surface area contributed by atoms with Crippen LogP contribution in [0.25, 0.3) is 0 Å². The van der Waals surface area contributed by atoms with Crippen molar-refractivity contribution in [2.45, 2.75) is 56.3 Å². The first-order valence-corrected chi connectivity index (χ1v) is 16.3. The summed E-state index contributed by atoms with van der Waals surface area (Å²) >= 11 is 0. The van der Waals surface area contributed by atoms with Crippen LogP contribution in [-0.4, -0.2) is 34.5 Å². The number of rotatable bonds is 5. The van der Waals surface area contributed by atoms with Crippen LogP contribution in [0.3, 0.4) is 0 Å². The summed E-state index contributed by atoms with van der Waals surface area (Å²) in [6.07, 6.45) is 0. The van der Waals surface area contributed by atoms with Gasteiger partial charge in [-0.2, -0.15) is 0 Å². The molecule has 0 aromatic rings. The molecule has 0 aromatic carbocycles. The quantitative estimate of drug-likeness (QED) is 0.662. The molecule has 0 saturated carbocycles. The molecule has 0 saturated heterocycles. The van der Waals surface area contributed by atoms with Gasteiger partial charge in [0.1, 0.15) is 0 Å². The van der Waals surface area contributed by atoms with E-state index < -0.39 is 8.07 Å². The second-order valence-corrected chi connectivity index (χ2v) is 21.5. The number of hydrogen-bond acceptors (Lipinski definition) is 0. The molecule has 0 N–H and O–H groups in total. The molecule has 0 unspecified atom stereocenters. The molecule has 0 amide bonds. The Morgan fingerprint density at radius 2 is 1.13 bits per heavy atom. The zero-order valence-electron chi connectivity index (χ0n) is 11.8. The van der Waals surface area contributed by atoms with E-state index in [1.165, 1.54) is 0 Å². The largest absolute Gasteiger partial charge is 0.107 e. The van der Waals surface area contributed by atoms with Gasteiger partial charge in [0.05, 0.1) is 8.07 Å². The van der Waals surface area contributed by atoms with Crippen LogP contribution in [0.1, 0.15) is 0 Å². The Balaban J connectivity index is 5.63. The van der Waals surface area contributed by atoms with Crippen LogP contribution in [0.2, 0.25) is 56.3 Å². The second-order valence-electron chi connectivity index (χ2n) is 5.68. The molecule has 3 radical (unpaired) electrons. The van der Waals surface area contributed by atoms with Crippen LogP contribution in [0.15, 0.2) is 12.3 Å². The van der Waals surface area contributed by atoms with Crippen molar-refractivity contribution in [2.24, 2.45) is 0 Å². The van der Waals surface area contributed by atoms with Gasteiger partial charge in [0, 0.05) is 26.4 Å². The van der Waals surface area contributed by atoms with E-state index in [-0.39, 0.29) is 26.4 Å². The maximum Gasteiger partial charge on any atom is 0.0687 e. The summed E-state index contributed by atoms with van der Waals surface area (Å²) in [5.74, 6) is 0. The maximum absolute atomic E-state index is 4.16. The second kappa shape index (κ2) is 5.29. The van der Waals surface area contributed by atoms with Crippen molar-refractivity contribution in [3.63, 3.8) is 0 Å². The van der Waals surface area contributed by atoms with E-state index >= 15 is 0 Å². The first kappa shape index (κ1) is 15.6. The zero-order valence-corrected chi connectivity index (χ0v) is 15.8. The highest BCUT2D eigenvalue weighted by atomic mass is 28.5. The third-order valence-electron chi connectivity index (χ3n) is 3.73. The van der Waals surface area contributed by atoms with E-state index in [4.69, 9.17) is 0 Å². The summed E-state index contributed by atoms with van der Waals surface area (Å²) in [6, 6.07) is 0. The molecular weight excluding hydrogens is 244 g/mol. The van der Waals surface area contributed by atoms with Gasteiger partial charge in [-0.3, -0.25) is 0 Å². The minimum Gasteiger partial charge on any atom is -0.107 e. The summed E-state index contributed by atoms with van der Waals surface area (Å²) in [5, 5.41) is 0. The van der Waals surface area contributed by atoms with Crippen molar-refractivity contribution in [1.82, 2.24) is 0 Å². The predicted molar refractivity (Wildman–Crippen MR) is 82.8 cm³/mol. The minimum atomic E-state index is -1.25. The molecule has 15 heavy (non-hydrogen) atoms. The predicted octanol–water partition coefficient (Wildman–Crippen LogP) is 4.04. The topological polar surface area (TPSA) is 0 Å². The Morgan fingerprint density at radius 1 is 0.867 bits per heavy atom. The summed E-state index contributed by atoms with van der Waals surface area (Å²) in [6.45, 7) is 24.5. The number of hydrogen-bond donors (Lipinski definition) is 0. The van der Waals surface area contributed by atoms with Gasteiger partial charge >= 0.3 is 0 Å². The van der Waals surface area contributed by atoms with E-state index in [1.54, 1.807) is 0 Å². The summed E-state index contributed by atoms with van der Waals surface area (Å²) in [4.78, 5) is 0. The lowest BCUT2D eigenvalue weighted by molar-refractivity contribution is 1.30. The molecule has 0 aliphatic heterocycles. The van der Waals surface area contributed by atoms with Crippen molar-refractivity contribution >= 4 is 34.5 Å². The van der Waals surface area contributed by atoms with E-state index in [0.29, 0.717) is 0 Å². The Morgan fingerprint density at radius 3 is 1.20 bits per heavy atom. The third-order valence-corrected chi connectivity index (χ3v) is 30.5. The van der Waals surface area contributed by atoms with Gasteiger partial charge in [-0.05, 0) is 3.91 Å². The SMILES string of the molecule is C=C[Si](C)(C)C([Si](C)C)([Si](C)C)[Si](C)C. The van der Waals surface area contributed by atoms with Crippen molar-refractivity contribution in [2.75, 3.05) is 0 Å². The van der Waals surface area contributed by atoms with Crippen LogP contribution in [0, 0.1) is 0 Å². The fourth-order valence-corrected chi connectivity index (χ4v) is 32.3. The van der Waals surface area contributed by atoms with Gasteiger partial charge in [0.15, 0.2) is 0 Å². The van der Waals surface area contributed by atoms with Gasteiger partial charge in [0.2, 0.25) is 0 Å². The first-order chi connectivity index (χ1) is 6.64. The highest BCUT2D eigenvalue weighted by molar-refractivity contribution is 7.19. The minimum absolute atomic E-state index is 0.219. The molecule has 87 valence electrons. The van der Waals surface area contributed by atoms with Crippen LogP contribution in [0.5, 0.6) is 0 Å². The monoisotopic (exact) mass is 271 g/mol. The lowest BCUT2D eigenvalue weighted by Gasteiger charge is -2.52. The lowest BCUT2D eigenvalue weighted by atomic mass is 11.3. The first-order valence-electron chi connectivity index (χ1n) is 5.70. The van der Waals surface area contributed by atoms with Gasteiger partial charge in [0.25, 0.3) is 0 Å². The molecule has 0 aromatic heterocycles.